The molecule has 0 aliphatic rings. The maximum Gasteiger partial charge on any atom is 0.335 e. The van der Waals surface area contributed by atoms with Crippen LogP contribution in [0.3, 0.4) is 0 Å². The summed E-state index contributed by atoms with van der Waals surface area (Å²) in [5.74, 6) is 0.386. The molecule has 0 aromatic heterocycles. The highest BCUT2D eigenvalue weighted by Crippen LogP contribution is 2.33. The van der Waals surface area contributed by atoms with Gasteiger partial charge in [-0.3, -0.25) is 0 Å². The van der Waals surface area contributed by atoms with Gasteiger partial charge in [-0.05, 0) is 42.8 Å². The minimum atomic E-state index is -0.935. The summed E-state index contributed by atoms with van der Waals surface area (Å²) in [6.45, 7) is 3.85. The van der Waals surface area contributed by atoms with Crippen LogP contribution in [-0.4, -0.2) is 17.7 Å². The van der Waals surface area contributed by atoms with Crippen LogP contribution in [0.2, 0.25) is 10.0 Å². The van der Waals surface area contributed by atoms with Crippen LogP contribution < -0.4 is 14.8 Å². The Morgan fingerprint density at radius 2 is 1.74 bits per heavy atom. The fourth-order valence-electron chi connectivity index (χ4n) is 3.03. The smallest absolute Gasteiger partial charge is 0.335 e. The Kier molecular flexibility index (Phi) is 8.18. The van der Waals surface area contributed by atoms with E-state index in [9.17, 15) is 4.79 Å². The standard InChI is InChI=1S/C24H23Cl2NO4/c1-2-30-22-5-3-4-18(14-27-13-16-6-8-17(9-7-16)24(28)29)23(22)31-15-19-10-11-20(25)12-21(19)26/h3-12,27H,2,13-15H2,1H3,(H,28,29). The highest BCUT2D eigenvalue weighted by molar-refractivity contribution is 6.35. The van der Waals surface area contributed by atoms with E-state index in [4.69, 9.17) is 37.8 Å². The first kappa shape index (κ1) is 22.9. The SMILES string of the molecule is CCOc1cccc(CNCc2ccc(C(=O)O)cc2)c1OCc1ccc(Cl)cc1Cl. The third-order valence-electron chi connectivity index (χ3n) is 4.59. The number of carboxylic acid groups (broad SMARTS) is 1. The summed E-state index contributed by atoms with van der Waals surface area (Å²) in [5.41, 5.74) is 3.03. The Morgan fingerprint density at radius 1 is 0.968 bits per heavy atom. The number of hydrogen-bond donors (Lipinski definition) is 2. The van der Waals surface area contributed by atoms with Gasteiger partial charge < -0.3 is 19.9 Å². The van der Waals surface area contributed by atoms with Gasteiger partial charge in [0.1, 0.15) is 6.61 Å². The number of ether oxygens (including phenoxy) is 2. The van der Waals surface area contributed by atoms with Crippen molar-refractivity contribution in [3.05, 3.63) is 93.0 Å². The van der Waals surface area contributed by atoms with Crippen molar-refractivity contribution >= 4 is 29.2 Å². The Balaban J connectivity index is 1.70. The quantitative estimate of drug-likeness (QED) is 0.391. The van der Waals surface area contributed by atoms with Crippen LogP contribution in [0.25, 0.3) is 0 Å². The molecule has 3 aromatic rings. The number of benzene rings is 3. The zero-order valence-electron chi connectivity index (χ0n) is 17.0. The predicted octanol–water partition coefficient (Wildman–Crippen LogP) is 5.96. The molecule has 2 N–H and O–H groups in total. The van der Waals surface area contributed by atoms with Gasteiger partial charge in [-0.15, -0.1) is 0 Å². The number of aromatic carboxylic acids is 1. The van der Waals surface area contributed by atoms with Gasteiger partial charge in [-0.2, -0.15) is 0 Å². The summed E-state index contributed by atoms with van der Waals surface area (Å²) in [4.78, 5) is 11.0. The van der Waals surface area contributed by atoms with E-state index in [2.05, 4.69) is 5.32 Å². The lowest BCUT2D eigenvalue weighted by Gasteiger charge is -2.17. The fraction of sp³-hybridized carbons (Fsp3) is 0.208. The summed E-state index contributed by atoms with van der Waals surface area (Å²) >= 11 is 12.2. The van der Waals surface area contributed by atoms with Crippen molar-refractivity contribution in [1.29, 1.82) is 0 Å². The molecule has 0 saturated heterocycles. The van der Waals surface area contributed by atoms with E-state index in [0.29, 0.717) is 41.2 Å². The van der Waals surface area contributed by atoms with E-state index < -0.39 is 5.97 Å². The Bertz CT molecular complexity index is 1040. The molecule has 0 atom stereocenters. The van der Waals surface area contributed by atoms with Gasteiger partial charge in [0.25, 0.3) is 0 Å². The molecule has 162 valence electrons. The molecule has 0 spiro atoms. The first-order chi connectivity index (χ1) is 15.0. The van der Waals surface area contributed by atoms with Gasteiger partial charge in [0, 0.05) is 34.3 Å². The molecule has 7 heteroatoms. The predicted molar refractivity (Wildman–Crippen MR) is 122 cm³/mol. The number of halogens is 2. The minimum absolute atomic E-state index is 0.268. The van der Waals surface area contributed by atoms with Crippen LogP contribution in [0.15, 0.2) is 60.7 Å². The van der Waals surface area contributed by atoms with Crippen LogP contribution in [0.5, 0.6) is 11.5 Å². The average molecular weight is 460 g/mol. The topological polar surface area (TPSA) is 67.8 Å². The lowest BCUT2D eigenvalue weighted by Crippen LogP contribution is -2.14. The Hall–Kier alpha value is -2.73. The second-order valence-electron chi connectivity index (χ2n) is 6.81. The maximum absolute atomic E-state index is 11.0. The molecule has 31 heavy (non-hydrogen) atoms. The molecule has 3 rings (SSSR count). The molecular formula is C24H23Cl2NO4. The van der Waals surface area contributed by atoms with E-state index in [-0.39, 0.29) is 12.2 Å². The van der Waals surface area contributed by atoms with Crippen molar-refractivity contribution in [2.75, 3.05) is 6.61 Å². The molecule has 0 fully saturated rings. The molecule has 0 amide bonds. The van der Waals surface area contributed by atoms with Crippen molar-refractivity contribution in [1.82, 2.24) is 5.32 Å². The molecule has 0 heterocycles. The molecule has 0 saturated carbocycles. The highest BCUT2D eigenvalue weighted by Gasteiger charge is 2.13. The summed E-state index contributed by atoms with van der Waals surface area (Å²) in [5, 5.41) is 13.5. The van der Waals surface area contributed by atoms with Crippen LogP contribution >= 0.6 is 23.2 Å². The maximum atomic E-state index is 11.0. The van der Waals surface area contributed by atoms with E-state index >= 15 is 0 Å². The molecular weight excluding hydrogens is 437 g/mol. The number of rotatable bonds is 10. The van der Waals surface area contributed by atoms with Gasteiger partial charge >= 0.3 is 5.97 Å². The first-order valence-corrected chi connectivity index (χ1v) is 10.6. The zero-order valence-corrected chi connectivity index (χ0v) is 18.5. The number of carbonyl (C=O) groups is 1. The molecule has 0 radical (unpaired) electrons. The molecule has 0 bridgehead atoms. The van der Waals surface area contributed by atoms with E-state index in [1.54, 1.807) is 36.4 Å². The summed E-state index contributed by atoms with van der Waals surface area (Å²) < 4.78 is 11.9. The fourth-order valence-corrected chi connectivity index (χ4v) is 3.49. The number of hydrogen-bond acceptors (Lipinski definition) is 4. The van der Waals surface area contributed by atoms with Crippen molar-refractivity contribution < 1.29 is 19.4 Å². The zero-order chi connectivity index (χ0) is 22.2. The molecule has 3 aromatic carbocycles. The van der Waals surface area contributed by atoms with E-state index in [1.807, 2.05) is 31.2 Å². The van der Waals surface area contributed by atoms with Gasteiger partial charge in [0.2, 0.25) is 0 Å². The summed E-state index contributed by atoms with van der Waals surface area (Å²) in [6.07, 6.45) is 0. The van der Waals surface area contributed by atoms with Gasteiger partial charge in [-0.1, -0.05) is 53.5 Å². The van der Waals surface area contributed by atoms with Crippen molar-refractivity contribution in [2.45, 2.75) is 26.6 Å². The van der Waals surface area contributed by atoms with Crippen molar-refractivity contribution in [2.24, 2.45) is 0 Å². The number of para-hydroxylation sites is 1. The van der Waals surface area contributed by atoms with Crippen molar-refractivity contribution in [3.63, 3.8) is 0 Å². The third-order valence-corrected chi connectivity index (χ3v) is 5.18. The number of nitrogens with one attached hydrogen (secondary N) is 1. The Labute approximate surface area is 191 Å². The lowest BCUT2D eigenvalue weighted by atomic mass is 10.1. The van der Waals surface area contributed by atoms with Crippen LogP contribution in [-0.2, 0) is 19.7 Å². The minimum Gasteiger partial charge on any atom is -0.490 e. The summed E-state index contributed by atoms with van der Waals surface area (Å²) in [7, 11) is 0. The average Bonchev–Trinajstić information content (AvgIpc) is 2.75. The third kappa shape index (κ3) is 6.37. The monoisotopic (exact) mass is 459 g/mol. The highest BCUT2D eigenvalue weighted by atomic mass is 35.5. The van der Waals surface area contributed by atoms with Gasteiger partial charge in [0.15, 0.2) is 11.5 Å². The van der Waals surface area contributed by atoms with Gasteiger partial charge in [-0.25, -0.2) is 4.79 Å². The number of carboxylic acids is 1. The van der Waals surface area contributed by atoms with Crippen molar-refractivity contribution in [3.8, 4) is 11.5 Å². The van der Waals surface area contributed by atoms with E-state index in [0.717, 1.165) is 16.7 Å². The normalized spacial score (nSPS) is 10.7. The lowest BCUT2D eigenvalue weighted by molar-refractivity contribution is 0.0697. The molecule has 0 unspecified atom stereocenters. The first-order valence-electron chi connectivity index (χ1n) is 9.82. The molecule has 5 nitrogen and oxygen atoms in total. The Morgan fingerprint density at radius 3 is 2.42 bits per heavy atom. The van der Waals surface area contributed by atoms with Gasteiger partial charge in [0.05, 0.1) is 12.2 Å². The van der Waals surface area contributed by atoms with Crippen LogP contribution in [0.4, 0.5) is 0 Å². The van der Waals surface area contributed by atoms with E-state index in [1.165, 1.54) is 0 Å². The largest absolute Gasteiger partial charge is 0.490 e. The summed E-state index contributed by atoms with van der Waals surface area (Å²) in [6, 6.07) is 17.9. The second kappa shape index (κ2) is 11.0. The molecule has 0 aliphatic carbocycles. The van der Waals surface area contributed by atoms with Crippen LogP contribution in [0.1, 0.15) is 34.0 Å². The molecule has 0 aliphatic heterocycles. The second-order valence-corrected chi connectivity index (χ2v) is 7.65. The van der Waals surface area contributed by atoms with Crippen LogP contribution in [0, 0.1) is 0 Å².